The van der Waals surface area contributed by atoms with Crippen LogP contribution in [-0.4, -0.2) is 29.3 Å². The minimum absolute atomic E-state index is 0.139. The number of anilines is 1. The van der Waals surface area contributed by atoms with Gasteiger partial charge in [0, 0.05) is 19.0 Å². The molecule has 3 atom stereocenters. The molecule has 2 aliphatic rings. The summed E-state index contributed by atoms with van der Waals surface area (Å²) in [7, 11) is 0. The van der Waals surface area contributed by atoms with E-state index < -0.39 is 0 Å². The van der Waals surface area contributed by atoms with Gasteiger partial charge in [0.1, 0.15) is 11.9 Å². The smallest absolute Gasteiger partial charge is 0.128 e. The van der Waals surface area contributed by atoms with E-state index in [0.29, 0.717) is 17.4 Å². The molecule has 1 aliphatic carbocycles. The summed E-state index contributed by atoms with van der Waals surface area (Å²) in [6, 6.07) is 5.89. The van der Waals surface area contributed by atoms with Crippen molar-refractivity contribution in [2.45, 2.75) is 25.9 Å². The highest BCUT2D eigenvalue weighted by atomic mass is 16.3. The van der Waals surface area contributed by atoms with Crippen molar-refractivity contribution in [1.29, 1.82) is 5.26 Å². The number of aliphatic hydroxyl groups is 1. The largest absolute Gasteiger partial charge is 0.393 e. The van der Waals surface area contributed by atoms with Crippen molar-refractivity contribution >= 4 is 5.82 Å². The van der Waals surface area contributed by atoms with Crippen LogP contribution in [0.1, 0.15) is 24.1 Å². The van der Waals surface area contributed by atoms with Crippen molar-refractivity contribution in [2.24, 2.45) is 11.8 Å². The molecule has 0 amide bonds. The first-order chi connectivity index (χ1) is 8.69. The van der Waals surface area contributed by atoms with Crippen molar-refractivity contribution in [2.75, 3.05) is 18.0 Å². The summed E-state index contributed by atoms with van der Waals surface area (Å²) in [5, 5.41) is 18.8. The Morgan fingerprint density at radius 1 is 1.39 bits per heavy atom. The van der Waals surface area contributed by atoms with Crippen molar-refractivity contribution in [3.63, 3.8) is 0 Å². The molecule has 1 saturated heterocycles. The molecule has 2 fully saturated rings. The molecule has 18 heavy (non-hydrogen) atoms. The van der Waals surface area contributed by atoms with E-state index in [9.17, 15) is 5.11 Å². The molecule has 4 nitrogen and oxygen atoms in total. The molecule has 1 saturated carbocycles. The molecule has 0 radical (unpaired) electrons. The average Bonchev–Trinajstić information content (AvgIpc) is 2.92. The topological polar surface area (TPSA) is 60.1 Å². The van der Waals surface area contributed by atoms with Crippen LogP contribution in [-0.2, 0) is 0 Å². The number of fused-ring (bicyclic) bond motifs is 1. The zero-order chi connectivity index (χ0) is 12.7. The summed E-state index contributed by atoms with van der Waals surface area (Å²) in [5.41, 5.74) is 1.42. The van der Waals surface area contributed by atoms with Gasteiger partial charge in [-0.15, -0.1) is 0 Å². The zero-order valence-corrected chi connectivity index (χ0v) is 10.5. The Kier molecular flexibility index (Phi) is 2.71. The Labute approximate surface area is 107 Å². The SMILES string of the molecule is Cc1nc(N2C[C@@H]3CC[C@H](O)[C@@H]3C2)ccc1C#N. The van der Waals surface area contributed by atoms with Gasteiger partial charge in [-0.25, -0.2) is 4.98 Å². The Morgan fingerprint density at radius 2 is 2.22 bits per heavy atom. The third-order valence-corrected chi connectivity index (χ3v) is 4.33. The molecule has 4 heteroatoms. The van der Waals surface area contributed by atoms with E-state index in [1.165, 1.54) is 0 Å². The second-order valence-corrected chi connectivity index (χ2v) is 5.39. The fraction of sp³-hybridized carbons (Fsp3) is 0.571. The third-order valence-electron chi connectivity index (χ3n) is 4.33. The maximum absolute atomic E-state index is 9.91. The molecular formula is C14H17N3O. The van der Waals surface area contributed by atoms with E-state index in [4.69, 9.17) is 5.26 Å². The molecule has 0 spiro atoms. The van der Waals surface area contributed by atoms with Gasteiger partial charge in [-0.05, 0) is 37.8 Å². The quantitative estimate of drug-likeness (QED) is 0.811. The second kappa shape index (κ2) is 4.25. The monoisotopic (exact) mass is 243 g/mol. The lowest BCUT2D eigenvalue weighted by molar-refractivity contribution is 0.133. The molecule has 0 unspecified atom stereocenters. The number of rotatable bonds is 1. The number of aryl methyl sites for hydroxylation is 1. The van der Waals surface area contributed by atoms with Gasteiger partial charge in [-0.1, -0.05) is 0 Å². The Bertz CT molecular complexity index is 508. The molecule has 1 aliphatic heterocycles. The highest BCUT2D eigenvalue weighted by Crippen LogP contribution is 2.39. The van der Waals surface area contributed by atoms with Gasteiger partial charge < -0.3 is 10.0 Å². The van der Waals surface area contributed by atoms with Gasteiger partial charge in [0.25, 0.3) is 0 Å². The maximum Gasteiger partial charge on any atom is 0.128 e. The normalized spacial score (nSPS) is 30.3. The van der Waals surface area contributed by atoms with Gasteiger partial charge in [0.2, 0.25) is 0 Å². The Balaban J connectivity index is 1.81. The highest BCUT2D eigenvalue weighted by Gasteiger charge is 2.42. The van der Waals surface area contributed by atoms with Gasteiger partial charge in [-0.2, -0.15) is 5.26 Å². The first kappa shape index (κ1) is 11.5. The van der Waals surface area contributed by atoms with Gasteiger partial charge >= 0.3 is 0 Å². The van der Waals surface area contributed by atoms with Crippen LogP contribution < -0.4 is 4.90 Å². The molecule has 2 heterocycles. The maximum atomic E-state index is 9.91. The van der Waals surface area contributed by atoms with E-state index in [1.807, 2.05) is 19.1 Å². The number of aromatic nitrogens is 1. The summed E-state index contributed by atoms with van der Waals surface area (Å²) < 4.78 is 0. The number of pyridine rings is 1. The van der Waals surface area contributed by atoms with E-state index in [2.05, 4.69) is 16.0 Å². The summed E-state index contributed by atoms with van der Waals surface area (Å²) in [4.78, 5) is 6.74. The lowest BCUT2D eigenvalue weighted by atomic mass is 10.00. The first-order valence-corrected chi connectivity index (χ1v) is 6.50. The van der Waals surface area contributed by atoms with Crippen molar-refractivity contribution in [1.82, 2.24) is 4.98 Å². The first-order valence-electron chi connectivity index (χ1n) is 6.50. The van der Waals surface area contributed by atoms with Crippen LogP contribution in [0.3, 0.4) is 0 Å². The minimum Gasteiger partial charge on any atom is -0.393 e. The van der Waals surface area contributed by atoms with E-state index in [1.54, 1.807) is 0 Å². The van der Waals surface area contributed by atoms with Crippen molar-refractivity contribution < 1.29 is 5.11 Å². The number of hydrogen-bond donors (Lipinski definition) is 1. The second-order valence-electron chi connectivity index (χ2n) is 5.39. The van der Waals surface area contributed by atoms with Crippen LogP contribution in [0.25, 0.3) is 0 Å². The van der Waals surface area contributed by atoms with E-state index >= 15 is 0 Å². The number of nitrogens with zero attached hydrogens (tertiary/aromatic N) is 3. The van der Waals surface area contributed by atoms with Crippen LogP contribution in [0.4, 0.5) is 5.82 Å². The van der Waals surface area contributed by atoms with Crippen LogP contribution in [0, 0.1) is 30.1 Å². The lowest BCUT2D eigenvalue weighted by Gasteiger charge is -2.19. The third kappa shape index (κ3) is 1.75. The van der Waals surface area contributed by atoms with Crippen LogP contribution in [0.15, 0.2) is 12.1 Å². The Morgan fingerprint density at radius 3 is 2.89 bits per heavy atom. The molecule has 94 valence electrons. The Hall–Kier alpha value is -1.60. The van der Waals surface area contributed by atoms with Crippen LogP contribution in [0.5, 0.6) is 0 Å². The predicted molar refractivity (Wildman–Crippen MR) is 68.1 cm³/mol. The summed E-state index contributed by atoms with van der Waals surface area (Å²) in [6.07, 6.45) is 1.93. The van der Waals surface area contributed by atoms with Gasteiger partial charge in [0.15, 0.2) is 0 Å². The zero-order valence-electron chi connectivity index (χ0n) is 10.5. The molecular weight excluding hydrogens is 226 g/mol. The van der Waals surface area contributed by atoms with Gasteiger partial charge in [-0.3, -0.25) is 0 Å². The molecule has 0 bridgehead atoms. The molecule has 1 aromatic heterocycles. The summed E-state index contributed by atoms with van der Waals surface area (Å²) in [6.45, 7) is 3.75. The summed E-state index contributed by atoms with van der Waals surface area (Å²) in [5.74, 6) is 1.95. The van der Waals surface area contributed by atoms with Crippen molar-refractivity contribution in [3.8, 4) is 6.07 Å². The number of hydrogen-bond acceptors (Lipinski definition) is 4. The molecule has 1 aromatic rings. The molecule has 1 N–H and O–H groups in total. The van der Waals surface area contributed by atoms with Crippen molar-refractivity contribution in [3.05, 3.63) is 23.4 Å². The van der Waals surface area contributed by atoms with Gasteiger partial charge in [0.05, 0.1) is 17.4 Å². The average molecular weight is 243 g/mol. The van der Waals surface area contributed by atoms with Crippen LogP contribution in [0.2, 0.25) is 0 Å². The van der Waals surface area contributed by atoms with E-state index in [0.717, 1.165) is 37.4 Å². The fourth-order valence-electron chi connectivity index (χ4n) is 3.27. The standard InChI is InChI=1S/C14H17N3O/c1-9-10(6-15)3-5-14(16-9)17-7-11-2-4-13(18)12(11)8-17/h3,5,11-13,18H,2,4,7-8H2,1H3/t11-,12+,13-/m0/s1. The predicted octanol–water partition coefficient (Wildman–Crippen LogP) is 1.47. The lowest BCUT2D eigenvalue weighted by Crippen LogP contribution is -2.25. The molecule has 0 aromatic carbocycles. The number of nitriles is 1. The van der Waals surface area contributed by atoms with Crippen LogP contribution >= 0.6 is 0 Å². The van der Waals surface area contributed by atoms with E-state index in [-0.39, 0.29) is 6.10 Å². The summed E-state index contributed by atoms with van der Waals surface area (Å²) >= 11 is 0. The highest BCUT2D eigenvalue weighted by molar-refractivity contribution is 5.46. The fourth-order valence-corrected chi connectivity index (χ4v) is 3.27. The molecule has 3 rings (SSSR count). The number of aliphatic hydroxyl groups excluding tert-OH is 1. The minimum atomic E-state index is -0.139.